The molecule has 1 unspecified atom stereocenters. The Balaban J connectivity index is 1.97. The molecule has 0 aliphatic heterocycles. The van der Waals surface area contributed by atoms with E-state index in [1.54, 1.807) is 0 Å². The van der Waals surface area contributed by atoms with Gasteiger partial charge in [0.25, 0.3) is 0 Å². The number of hydrogen-bond acceptors (Lipinski definition) is 2. The van der Waals surface area contributed by atoms with E-state index in [0.717, 1.165) is 28.9 Å². The maximum absolute atomic E-state index is 6.12. The zero-order valence-corrected chi connectivity index (χ0v) is 12.1. The highest BCUT2D eigenvalue weighted by Gasteiger charge is 2.24. The molecule has 2 nitrogen and oxygen atoms in total. The van der Waals surface area contributed by atoms with Gasteiger partial charge in [0.05, 0.1) is 0 Å². The second-order valence-corrected chi connectivity index (χ2v) is 5.93. The van der Waals surface area contributed by atoms with E-state index in [4.69, 9.17) is 16.3 Å². The number of rotatable bonds is 6. The molecule has 18 heavy (non-hydrogen) atoms. The lowest BCUT2D eigenvalue weighted by molar-refractivity contribution is 0.147. The lowest BCUT2D eigenvalue weighted by atomic mass is 10.1. The summed E-state index contributed by atoms with van der Waals surface area (Å²) in [4.78, 5) is 0. The zero-order chi connectivity index (χ0) is 13.1. The molecule has 0 heterocycles. The summed E-state index contributed by atoms with van der Waals surface area (Å²) in [6.07, 6.45) is 2.83. The van der Waals surface area contributed by atoms with E-state index >= 15 is 0 Å². The van der Waals surface area contributed by atoms with Gasteiger partial charge in [0.2, 0.25) is 0 Å². The number of nitrogens with one attached hydrogen (secondary N) is 1. The number of halogens is 1. The van der Waals surface area contributed by atoms with Crippen LogP contribution in [0.2, 0.25) is 5.02 Å². The van der Waals surface area contributed by atoms with Crippen molar-refractivity contribution >= 4 is 11.6 Å². The van der Waals surface area contributed by atoms with Crippen molar-refractivity contribution < 1.29 is 4.74 Å². The maximum Gasteiger partial charge on any atom is 0.122 e. The van der Waals surface area contributed by atoms with E-state index in [1.165, 1.54) is 12.8 Å². The molecule has 0 amide bonds. The third kappa shape index (κ3) is 3.89. The highest BCUT2D eigenvalue weighted by Crippen LogP contribution is 2.25. The number of benzene rings is 1. The minimum absolute atomic E-state index is 0.213. The van der Waals surface area contributed by atoms with Crippen molar-refractivity contribution in [1.82, 2.24) is 5.32 Å². The normalized spacial score (nSPS) is 16.9. The zero-order valence-electron chi connectivity index (χ0n) is 11.4. The summed E-state index contributed by atoms with van der Waals surface area (Å²) in [6, 6.07) is 6.52. The van der Waals surface area contributed by atoms with Gasteiger partial charge in [-0.3, -0.25) is 0 Å². The molecule has 1 aliphatic rings. The summed E-state index contributed by atoms with van der Waals surface area (Å²) in [5.74, 6) is 1.43. The highest BCUT2D eigenvalue weighted by atomic mass is 35.5. The van der Waals surface area contributed by atoms with E-state index in [-0.39, 0.29) is 6.10 Å². The second-order valence-electron chi connectivity index (χ2n) is 5.49. The lowest BCUT2D eigenvalue weighted by Gasteiger charge is -2.24. The Morgan fingerprint density at radius 2 is 2.11 bits per heavy atom. The molecule has 3 heteroatoms. The first kappa shape index (κ1) is 13.7. The second kappa shape index (κ2) is 5.94. The van der Waals surface area contributed by atoms with Gasteiger partial charge in [0.15, 0.2) is 0 Å². The van der Waals surface area contributed by atoms with Gasteiger partial charge in [0, 0.05) is 17.6 Å². The Bertz CT molecular complexity index is 401. The number of hydrogen-bond donors (Lipinski definition) is 1. The van der Waals surface area contributed by atoms with E-state index in [1.807, 2.05) is 25.1 Å². The van der Waals surface area contributed by atoms with Crippen molar-refractivity contribution in [3.63, 3.8) is 0 Å². The van der Waals surface area contributed by atoms with Gasteiger partial charge in [-0.15, -0.1) is 0 Å². The third-order valence-electron chi connectivity index (χ3n) is 3.34. The van der Waals surface area contributed by atoms with Crippen LogP contribution in [0.3, 0.4) is 0 Å². The standard InChI is InChI=1S/C15H22ClNO/c1-10(2)15(9-17-13-5-6-13)18-14-7-4-12(16)8-11(14)3/h4,7-8,10,13,15,17H,5-6,9H2,1-3H3. The molecule has 1 fully saturated rings. The monoisotopic (exact) mass is 267 g/mol. The SMILES string of the molecule is Cc1cc(Cl)ccc1OC(CNC1CC1)C(C)C. The van der Waals surface area contributed by atoms with Gasteiger partial charge in [-0.2, -0.15) is 0 Å². The predicted molar refractivity (Wildman–Crippen MR) is 76.5 cm³/mol. The number of aryl methyl sites for hydroxylation is 1. The molecule has 100 valence electrons. The first-order valence-corrected chi connectivity index (χ1v) is 7.10. The van der Waals surface area contributed by atoms with Gasteiger partial charge in [-0.1, -0.05) is 25.4 Å². The van der Waals surface area contributed by atoms with Crippen molar-refractivity contribution in [3.05, 3.63) is 28.8 Å². The van der Waals surface area contributed by atoms with Crippen LogP contribution in [0.4, 0.5) is 0 Å². The van der Waals surface area contributed by atoms with Crippen LogP contribution in [0, 0.1) is 12.8 Å². The van der Waals surface area contributed by atoms with Gasteiger partial charge in [0.1, 0.15) is 11.9 Å². The third-order valence-corrected chi connectivity index (χ3v) is 3.58. The molecule has 2 rings (SSSR count). The van der Waals surface area contributed by atoms with Gasteiger partial charge in [-0.05, 0) is 49.4 Å². The van der Waals surface area contributed by atoms with Crippen LogP contribution in [0.1, 0.15) is 32.3 Å². The fourth-order valence-electron chi connectivity index (χ4n) is 1.89. The average molecular weight is 268 g/mol. The van der Waals surface area contributed by atoms with Crippen molar-refractivity contribution in [2.24, 2.45) is 5.92 Å². The Kier molecular flexibility index (Phi) is 4.52. The first-order valence-electron chi connectivity index (χ1n) is 6.72. The summed E-state index contributed by atoms with van der Waals surface area (Å²) >= 11 is 5.96. The van der Waals surface area contributed by atoms with Crippen molar-refractivity contribution in [3.8, 4) is 5.75 Å². The molecule has 1 N–H and O–H groups in total. The molecule has 1 atom stereocenters. The van der Waals surface area contributed by atoms with E-state index in [2.05, 4.69) is 19.2 Å². The quantitative estimate of drug-likeness (QED) is 0.846. The van der Waals surface area contributed by atoms with Gasteiger partial charge >= 0.3 is 0 Å². The van der Waals surface area contributed by atoms with Crippen LogP contribution >= 0.6 is 11.6 Å². The summed E-state index contributed by atoms with van der Waals surface area (Å²) in [6.45, 7) is 7.35. The molecule has 1 saturated carbocycles. The average Bonchev–Trinajstić information content (AvgIpc) is 3.10. The molecule has 0 saturated heterocycles. The molecule has 0 bridgehead atoms. The summed E-state index contributed by atoms with van der Waals surface area (Å²) in [5.41, 5.74) is 1.10. The highest BCUT2D eigenvalue weighted by molar-refractivity contribution is 6.30. The van der Waals surface area contributed by atoms with Crippen molar-refractivity contribution in [1.29, 1.82) is 0 Å². The molecule has 0 radical (unpaired) electrons. The van der Waals surface area contributed by atoms with Crippen LogP contribution in [-0.2, 0) is 0 Å². The molecular weight excluding hydrogens is 246 g/mol. The maximum atomic E-state index is 6.12. The molecule has 0 aromatic heterocycles. The Morgan fingerprint density at radius 3 is 2.67 bits per heavy atom. The predicted octanol–water partition coefficient (Wildman–Crippen LogP) is 3.80. The van der Waals surface area contributed by atoms with E-state index in [0.29, 0.717) is 5.92 Å². The minimum atomic E-state index is 0.213. The summed E-state index contributed by atoms with van der Waals surface area (Å²) in [5, 5.41) is 4.30. The summed E-state index contributed by atoms with van der Waals surface area (Å²) in [7, 11) is 0. The van der Waals surface area contributed by atoms with Gasteiger partial charge in [-0.25, -0.2) is 0 Å². The Morgan fingerprint density at radius 1 is 1.39 bits per heavy atom. The van der Waals surface area contributed by atoms with Crippen molar-refractivity contribution in [2.45, 2.75) is 45.8 Å². The lowest BCUT2D eigenvalue weighted by Crippen LogP contribution is -2.36. The van der Waals surface area contributed by atoms with Crippen LogP contribution in [0.15, 0.2) is 18.2 Å². The Hall–Kier alpha value is -0.730. The molecule has 1 aromatic carbocycles. The fraction of sp³-hybridized carbons (Fsp3) is 0.600. The first-order chi connectivity index (χ1) is 8.56. The molecule has 1 aromatic rings. The van der Waals surface area contributed by atoms with Crippen LogP contribution < -0.4 is 10.1 Å². The minimum Gasteiger partial charge on any atom is -0.489 e. The molecule has 0 spiro atoms. The van der Waals surface area contributed by atoms with Crippen LogP contribution in [0.5, 0.6) is 5.75 Å². The van der Waals surface area contributed by atoms with Crippen LogP contribution in [0.25, 0.3) is 0 Å². The number of ether oxygens (including phenoxy) is 1. The topological polar surface area (TPSA) is 21.3 Å². The fourth-order valence-corrected chi connectivity index (χ4v) is 2.12. The van der Waals surface area contributed by atoms with Crippen molar-refractivity contribution in [2.75, 3.05) is 6.54 Å². The molecule has 1 aliphatic carbocycles. The van der Waals surface area contributed by atoms with Crippen LogP contribution in [-0.4, -0.2) is 18.7 Å². The molecular formula is C15H22ClNO. The van der Waals surface area contributed by atoms with E-state index in [9.17, 15) is 0 Å². The van der Waals surface area contributed by atoms with Gasteiger partial charge < -0.3 is 10.1 Å². The largest absolute Gasteiger partial charge is 0.489 e. The summed E-state index contributed by atoms with van der Waals surface area (Å²) < 4.78 is 6.12. The Labute approximate surface area is 115 Å². The smallest absolute Gasteiger partial charge is 0.122 e. The van der Waals surface area contributed by atoms with E-state index < -0.39 is 0 Å².